The van der Waals surface area contributed by atoms with E-state index in [-0.39, 0.29) is 0 Å². The van der Waals surface area contributed by atoms with E-state index in [4.69, 9.17) is 4.74 Å². The maximum absolute atomic E-state index is 5.10. The Bertz CT molecular complexity index is 485. The Morgan fingerprint density at radius 3 is 2.68 bits per heavy atom. The van der Waals surface area contributed by atoms with Crippen molar-refractivity contribution in [2.24, 2.45) is 0 Å². The molecule has 0 bridgehead atoms. The summed E-state index contributed by atoms with van der Waals surface area (Å²) in [7, 11) is 1.64. The molecular formula is C16H20N2O. The molecule has 2 aromatic rings. The van der Waals surface area contributed by atoms with Gasteiger partial charge in [0.05, 0.1) is 12.8 Å². The molecule has 1 N–H and O–H groups in total. The van der Waals surface area contributed by atoms with E-state index in [0.717, 1.165) is 31.6 Å². The lowest BCUT2D eigenvalue weighted by atomic mass is 10.1. The number of ether oxygens (including phenoxy) is 1. The molecule has 3 heteroatoms. The fourth-order valence-corrected chi connectivity index (χ4v) is 1.95. The molecule has 0 aliphatic carbocycles. The molecule has 0 radical (unpaired) electrons. The Labute approximate surface area is 114 Å². The lowest BCUT2D eigenvalue weighted by Gasteiger charge is -2.06. The summed E-state index contributed by atoms with van der Waals surface area (Å²) in [5.41, 5.74) is 2.41. The zero-order valence-electron chi connectivity index (χ0n) is 11.3. The molecule has 0 unspecified atom stereocenters. The van der Waals surface area contributed by atoms with Crippen LogP contribution in [0.15, 0.2) is 48.5 Å². The molecule has 100 valence electrons. The van der Waals surface area contributed by atoms with Crippen LogP contribution in [0.25, 0.3) is 0 Å². The van der Waals surface area contributed by atoms with E-state index in [9.17, 15) is 0 Å². The monoisotopic (exact) mass is 256 g/mol. The van der Waals surface area contributed by atoms with E-state index >= 15 is 0 Å². The molecule has 0 aliphatic rings. The highest BCUT2D eigenvalue weighted by Gasteiger charge is 1.97. The Kier molecular flexibility index (Phi) is 5.38. The van der Waals surface area contributed by atoms with E-state index in [2.05, 4.69) is 40.6 Å². The first-order valence-electron chi connectivity index (χ1n) is 6.63. The van der Waals surface area contributed by atoms with Crippen LogP contribution in [0.4, 0.5) is 0 Å². The Morgan fingerprint density at radius 1 is 1.05 bits per heavy atom. The van der Waals surface area contributed by atoms with Crippen LogP contribution in [0.2, 0.25) is 0 Å². The van der Waals surface area contributed by atoms with Crippen molar-refractivity contribution < 1.29 is 4.74 Å². The Hall–Kier alpha value is -1.87. The topological polar surface area (TPSA) is 34.1 Å². The van der Waals surface area contributed by atoms with Gasteiger partial charge < -0.3 is 10.1 Å². The number of aromatic nitrogens is 1. The second-order valence-corrected chi connectivity index (χ2v) is 4.44. The molecule has 0 atom stereocenters. The van der Waals surface area contributed by atoms with Gasteiger partial charge in [0, 0.05) is 12.6 Å². The molecule has 1 aromatic carbocycles. The fourth-order valence-electron chi connectivity index (χ4n) is 1.95. The minimum absolute atomic E-state index is 0.670. The summed E-state index contributed by atoms with van der Waals surface area (Å²) >= 11 is 0. The maximum Gasteiger partial charge on any atom is 0.213 e. The zero-order chi connectivity index (χ0) is 13.3. The van der Waals surface area contributed by atoms with Gasteiger partial charge in [0.25, 0.3) is 0 Å². The molecule has 0 amide bonds. The van der Waals surface area contributed by atoms with E-state index in [1.54, 1.807) is 7.11 Å². The molecule has 0 saturated carbocycles. The molecule has 1 heterocycles. The first-order valence-corrected chi connectivity index (χ1v) is 6.63. The number of aryl methyl sites for hydroxylation is 1. The third-order valence-corrected chi connectivity index (χ3v) is 2.96. The second kappa shape index (κ2) is 7.54. The molecule has 0 aliphatic heterocycles. The summed E-state index contributed by atoms with van der Waals surface area (Å²) in [4.78, 5) is 4.36. The largest absolute Gasteiger partial charge is 0.481 e. The molecular weight excluding hydrogens is 236 g/mol. The maximum atomic E-state index is 5.10. The quantitative estimate of drug-likeness (QED) is 0.773. The van der Waals surface area contributed by atoms with Gasteiger partial charge in [-0.1, -0.05) is 36.4 Å². The number of pyridine rings is 1. The van der Waals surface area contributed by atoms with Crippen molar-refractivity contribution in [3.8, 4) is 5.88 Å². The number of nitrogens with one attached hydrogen (secondary N) is 1. The first-order chi connectivity index (χ1) is 9.38. The average Bonchev–Trinajstić information content (AvgIpc) is 2.48. The van der Waals surface area contributed by atoms with Gasteiger partial charge in [-0.3, -0.25) is 0 Å². The van der Waals surface area contributed by atoms with Crippen LogP contribution >= 0.6 is 0 Å². The molecule has 3 nitrogen and oxygen atoms in total. The summed E-state index contributed by atoms with van der Waals surface area (Å²) in [5, 5.41) is 3.41. The lowest BCUT2D eigenvalue weighted by Crippen LogP contribution is -2.16. The van der Waals surface area contributed by atoms with Gasteiger partial charge in [-0.05, 0) is 31.0 Å². The smallest absolute Gasteiger partial charge is 0.213 e. The van der Waals surface area contributed by atoms with Crippen LogP contribution in [0.1, 0.15) is 17.7 Å². The van der Waals surface area contributed by atoms with Gasteiger partial charge in [0.2, 0.25) is 5.88 Å². The van der Waals surface area contributed by atoms with E-state index in [1.165, 1.54) is 5.56 Å². The van der Waals surface area contributed by atoms with E-state index in [1.807, 2.05) is 18.2 Å². The molecule has 0 saturated heterocycles. The SMILES string of the molecule is COc1cccc(CNCCCc2ccccc2)n1. The number of benzene rings is 1. The van der Waals surface area contributed by atoms with Crippen molar-refractivity contribution in [2.45, 2.75) is 19.4 Å². The predicted molar refractivity (Wildman–Crippen MR) is 77.3 cm³/mol. The van der Waals surface area contributed by atoms with Crippen LogP contribution in [0, 0.1) is 0 Å². The van der Waals surface area contributed by atoms with Crippen LogP contribution in [-0.4, -0.2) is 18.6 Å². The fraction of sp³-hybridized carbons (Fsp3) is 0.312. The summed E-state index contributed by atoms with van der Waals surface area (Å²) in [6.07, 6.45) is 2.24. The highest BCUT2D eigenvalue weighted by atomic mass is 16.5. The van der Waals surface area contributed by atoms with Gasteiger partial charge in [0.1, 0.15) is 0 Å². The molecule has 2 rings (SSSR count). The molecule has 0 spiro atoms. The summed E-state index contributed by atoms with van der Waals surface area (Å²) in [5.74, 6) is 0.670. The minimum atomic E-state index is 0.670. The van der Waals surface area contributed by atoms with Crippen LogP contribution in [0.3, 0.4) is 0 Å². The minimum Gasteiger partial charge on any atom is -0.481 e. The summed E-state index contributed by atoms with van der Waals surface area (Å²) in [6, 6.07) is 16.4. The molecule has 0 fully saturated rings. The van der Waals surface area contributed by atoms with Crippen molar-refractivity contribution >= 4 is 0 Å². The van der Waals surface area contributed by atoms with Gasteiger partial charge in [-0.15, -0.1) is 0 Å². The number of hydrogen-bond donors (Lipinski definition) is 1. The third-order valence-electron chi connectivity index (χ3n) is 2.96. The van der Waals surface area contributed by atoms with Gasteiger partial charge in [-0.25, -0.2) is 4.98 Å². The Balaban J connectivity index is 1.66. The number of rotatable bonds is 7. The van der Waals surface area contributed by atoms with Gasteiger partial charge in [0.15, 0.2) is 0 Å². The number of hydrogen-bond acceptors (Lipinski definition) is 3. The first kappa shape index (κ1) is 13.6. The standard InChI is InChI=1S/C16H20N2O/c1-19-16-11-5-10-15(18-16)13-17-12-6-9-14-7-3-2-4-8-14/h2-5,7-8,10-11,17H,6,9,12-13H2,1H3. The lowest BCUT2D eigenvalue weighted by molar-refractivity contribution is 0.395. The van der Waals surface area contributed by atoms with E-state index < -0.39 is 0 Å². The zero-order valence-corrected chi connectivity index (χ0v) is 11.3. The van der Waals surface area contributed by atoms with Gasteiger partial charge in [-0.2, -0.15) is 0 Å². The highest BCUT2D eigenvalue weighted by Crippen LogP contribution is 2.06. The summed E-state index contributed by atoms with van der Waals surface area (Å²) < 4.78 is 5.10. The average molecular weight is 256 g/mol. The van der Waals surface area contributed by atoms with Crippen molar-refractivity contribution in [2.75, 3.05) is 13.7 Å². The number of methoxy groups -OCH3 is 1. The van der Waals surface area contributed by atoms with E-state index in [0.29, 0.717) is 5.88 Å². The van der Waals surface area contributed by atoms with Crippen LogP contribution in [0.5, 0.6) is 5.88 Å². The third kappa shape index (κ3) is 4.72. The van der Waals surface area contributed by atoms with Crippen LogP contribution < -0.4 is 10.1 Å². The van der Waals surface area contributed by atoms with Crippen molar-refractivity contribution in [1.82, 2.24) is 10.3 Å². The second-order valence-electron chi connectivity index (χ2n) is 4.44. The van der Waals surface area contributed by atoms with Crippen molar-refractivity contribution in [3.05, 3.63) is 59.8 Å². The predicted octanol–water partition coefficient (Wildman–Crippen LogP) is 2.81. The molecule has 1 aromatic heterocycles. The van der Waals surface area contributed by atoms with Crippen molar-refractivity contribution in [3.63, 3.8) is 0 Å². The normalized spacial score (nSPS) is 10.4. The van der Waals surface area contributed by atoms with Crippen molar-refractivity contribution in [1.29, 1.82) is 0 Å². The van der Waals surface area contributed by atoms with Crippen LogP contribution in [-0.2, 0) is 13.0 Å². The Morgan fingerprint density at radius 2 is 1.89 bits per heavy atom. The summed E-state index contributed by atoms with van der Waals surface area (Å²) in [6.45, 7) is 1.78. The molecule has 19 heavy (non-hydrogen) atoms. The highest BCUT2D eigenvalue weighted by molar-refractivity contribution is 5.16. The number of nitrogens with zero attached hydrogens (tertiary/aromatic N) is 1. The van der Waals surface area contributed by atoms with Gasteiger partial charge >= 0.3 is 0 Å².